The fourth-order valence-corrected chi connectivity index (χ4v) is 1.27. The van der Waals surface area contributed by atoms with Crippen molar-refractivity contribution in [3.05, 3.63) is 0 Å². The van der Waals surface area contributed by atoms with Gasteiger partial charge in [-0.15, -0.1) is 0 Å². The van der Waals surface area contributed by atoms with Crippen LogP contribution in [-0.4, -0.2) is 31.0 Å². The van der Waals surface area contributed by atoms with Gasteiger partial charge in [0.15, 0.2) is 0 Å². The molecule has 0 aliphatic heterocycles. The summed E-state index contributed by atoms with van der Waals surface area (Å²) in [5, 5.41) is 0. The quantitative estimate of drug-likeness (QED) is 0.613. The average molecular weight is 172 g/mol. The molecule has 0 saturated heterocycles. The molecule has 0 heterocycles. The molecule has 1 rings (SSSR count). The van der Waals surface area contributed by atoms with Gasteiger partial charge in [0.1, 0.15) is 0 Å². The monoisotopic (exact) mass is 172 g/mol. The Hall–Kier alpha value is -0.610. The second-order valence-corrected chi connectivity index (χ2v) is 3.26. The molecule has 0 radical (unpaired) electrons. The number of amides is 1. The highest BCUT2D eigenvalue weighted by Crippen LogP contribution is 2.27. The van der Waals surface area contributed by atoms with E-state index in [-0.39, 0.29) is 11.8 Å². The Balaban J connectivity index is 2.20. The van der Waals surface area contributed by atoms with Crippen LogP contribution in [0.5, 0.6) is 0 Å². The molecule has 0 aromatic rings. The summed E-state index contributed by atoms with van der Waals surface area (Å²) in [6.45, 7) is 1.00. The Labute approximate surface area is 72.6 Å². The third-order valence-corrected chi connectivity index (χ3v) is 2.38. The maximum Gasteiger partial charge on any atom is 0.225 e. The molecular weight excluding hydrogens is 156 g/mol. The van der Waals surface area contributed by atoms with Gasteiger partial charge >= 0.3 is 0 Å². The standard InChI is InChI=1S/C8H16N2O2/c1-10(5-6-12-9)8(11)7-3-2-4-7/h7H,2-6,9H2,1H3. The normalized spacial score (nSPS) is 17.2. The van der Waals surface area contributed by atoms with Gasteiger partial charge in [0, 0.05) is 19.5 Å². The molecule has 70 valence electrons. The van der Waals surface area contributed by atoms with Gasteiger partial charge in [0.2, 0.25) is 5.91 Å². The Morgan fingerprint density at radius 3 is 2.75 bits per heavy atom. The van der Waals surface area contributed by atoms with Gasteiger partial charge in [0.05, 0.1) is 6.61 Å². The minimum Gasteiger partial charge on any atom is -0.343 e. The van der Waals surface area contributed by atoms with E-state index in [9.17, 15) is 4.79 Å². The average Bonchev–Trinajstić information content (AvgIpc) is 1.96. The van der Waals surface area contributed by atoms with Gasteiger partial charge in [-0.25, -0.2) is 5.90 Å². The molecule has 0 atom stereocenters. The van der Waals surface area contributed by atoms with Crippen LogP contribution in [0.2, 0.25) is 0 Å². The van der Waals surface area contributed by atoms with Crippen LogP contribution in [0.25, 0.3) is 0 Å². The number of likely N-dealkylation sites (N-methyl/N-ethyl adjacent to an activating group) is 1. The molecule has 0 unspecified atom stereocenters. The fourth-order valence-electron chi connectivity index (χ4n) is 1.27. The van der Waals surface area contributed by atoms with Crippen molar-refractivity contribution in [1.82, 2.24) is 4.90 Å². The largest absolute Gasteiger partial charge is 0.343 e. The summed E-state index contributed by atoms with van der Waals surface area (Å²) >= 11 is 0. The summed E-state index contributed by atoms with van der Waals surface area (Å²) < 4.78 is 0. The van der Waals surface area contributed by atoms with Gasteiger partial charge in [-0.05, 0) is 12.8 Å². The number of hydrogen-bond acceptors (Lipinski definition) is 3. The van der Waals surface area contributed by atoms with Crippen molar-refractivity contribution in [2.24, 2.45) is 11.8 Å². The molecule has 0 bridgehead atoms. The zero-order valence-corrected chi connectivity index (χ0v) is 7.45. The van der Waals surface area contributed by atoms with E-state index in [4.69, 9.17) is 5.90 Å². The summed E-state index contributed by atoms with van der Waals surface area (Å²) in [5.41, 5.74) is 0. The zero-order valence-electron chi connectivity index (χ0n) is 7.45. The lowest BCUT2D eigenvalue weighted by Gasteiger charge is -2.28. The minimum absolute atomic E-state index is 0.235. The number of nitrogens with zero attached hydrogens (tertiary/aromatic N) is 1. The first kappa shape index (κ1) is 9.48. The SMILES string of the molecule is CN(CCON)C(=O)C1CCC1. The van der Waals surface area contributed by atoms with Crippen LogP contribution in [0.15, 0.2) is 0 Å². The third kappa shape index (κ3) is 2.19. The maximum absolute atomic E-state index is 11.5. The number of carbonyl (C=O) groups excluding carboxylic acids is 1. The van der Waals surface area contributed by atoms with Crippen LogP contribution >= 0.6 is 0 Å². The highest BCUT2D eigenvalue weighted by atomic mass is 16.6. The molecule has 12 heavy (non-hydrogen) atoms. The van der Waals surface area contributed by atoms with Crippen LogP contribution in [0.1, 0.15) is 19.3 Å². The molecule has 2 N–H and O–H groups in total. The Kier molecular flexibility index (Phi) is 3.49. The first-order valence-corrected chi connectivity index (χ1v) is 4.32. The predicted molar refractivity (Wildman–Crippen MR) is 45.1 cm³/mol. The minimum atomic E-state index is 0.235. The van der Waals surface area contributed by atoms with E-state index in [1.807, 2.05) is 0 Å². The summed E-state index contributed by atoms with van der Waals surface area (Å²) in [4.78, 5) is 17.6. The molecule has 4 nitrogen and oxygen atoms in total. The smallest absolute Gasteiger partial charge is 0.225 e. The van der Waals surface area contributed by atoms with Crippen molar-refractivity contribution in [2.45, 2.75) is 19.3 Å². The topological polar surface area (TPSA) is 55.6 Å². The van der Waals surface area contributed by atoms with Crippen LogP contribution in [-0.2, 0) is 9.63 Å². The first-order valence-electron chi connectivity index (χ1n) is 4.32. The van der Waals surface area contributed by atoms with E-state index < -0.39 is 0 Å². The lowest BCUT2D eigenvalue weighted by molar-refractivity contribution is -0.137. The van der Waals surface area contributed by atoms with Crippen LogP contribution in [0.3, 0.4) is 0 Å². The molecule has 4 heteroatoms. The van der Waals surface area contributed by atoms with Gasteiger partial charge in [-0.1, -0.05) is 6.42 Å². The highest BCUT2D eigenvalue weighted by Gasteiger charge is 2.27. The van der Waals surface area contributed by atoms with Crippen LogP contribution in [0, 0.1) is 5.92 Å². The molecule has 1 aliphatic rings. The molecule has 0 aromatic heterocycles. The van der Waals surface area contributed by atoms with Gasteiger partial charge in [-0.2, -0.15) is 0 Å². The zero-order chi connectivity index (χ0) is 8.97. The number of carbonyl (C=O) groups is 1. The summed E-state index contributed by atoms with van der Waals surface area (Å²) in [7, 11) is 1.79. The molecule has 0 aromatic carbocycles. The van der Waals surface area contributed by atoms with Crippen molar-refractivity contribution >= 4 is 5.91 Å². The van der Waals surface area contributed by atoms with Crippen molar-refractivity contribution < 1.29 is 9.63 Å². The van der Waals surface area contributed by atoms with E-state index in [2.05, 4.69) is 4.84 Å². The Bertz CT molecular complexity index is 157. The van der Waals surface area contributed by atoms with Gasteiger partial charge < -0.3 is 9.74 Å². The summed E-state index contributed by atoms with van der Waals surface area (Å²) in [6, 6.07) is 0. The lowest BCUT2D eigenvalue weighted by Crippen LogP contribution is -2.38. The molecular formula is C8H16N2O2. The number of nitrogens with two attached hydrogens (primary N) is 1. The fraction of sp³-hybridized carbons (Fsp3) is 0.875. The van der Waals surface area contributed by atoms with Crippen LogP contribution < -0.4 is 5.90 Å². The molecule has 1 amide bonds. The lowest BCUT2D eigenvalue weighted by atomic mass is 9.84. The van der Waals surface area contributed by atoms with E-state index in [1.165, 1.54) is 6.42 Å². The Morgan fingerprint density at radius 2 is 2.33 bits per heavy atom. The number of rotatable bonds is 4. The molecule has 1 saturated carbocycles. The van der Waals surface area contributed by atoms with Crippen molar-refractivity contribution in [2.75, 3.05) is 20.2 Å². The third-order valence-electron chi connectivity index (χ3n) is 2.38. The first-order chi connectivity index (χ1) is 5.75. The van der Waals surface area contributed by atoms with Crippen LogP contribution in [0.4, 0.5) is 0 Å². The molecule has 1 fully saturated rings. The summed E-state index contributed by atoms with van der Waals surface area (Å²) in [5.74, 6) is 5.37. The number of hydrogen-bond donors (Lipinski definition) is 1. The van der Waals surface area contributed by atoms with E-state index in [1.54, 1.807) is 11.9 Å². The van der Waals surface area contributed by atoms with Gasteiger partial charge in [-0.3, -0.25) is 4.79 Å². The predicted octanol–water partition coefficient (Wildman–Crippen LogP) is 0.135. The van der Waals surface area contributed by atoms with Crippen molar-refractivity contribution in [3.8, 4) is 0 Å². The van der Waals surface area contributed by atoms with E-state index >= 15 is 0 Å². The second-order valence-electron chi connectivity index (χ2n) is 3.26. The van der Waals surface area contributed by atoms with E-state index in [0.29, 0.717) is 13.2 Å². The Morgan fingerprint density at radius 1 is 1.67 bits per heavy atom. The van der Waals surface area contributed by atoms with Crippen molar-refractivity contribution in [3.63, 3.8) is 0 Å². The maximum atomic E-state index is 11.5. The van der Waals surface area contributed by atoms with E-state index in [0.717, 1.165) is 12.8 Å². The van der Waals surface area contributed by atoms with Crippen molar-refractivity contribution in [1.29, 1.82) is 0 Å². The molecule has 1 aliphatic carbocycles. The molecule has 0 spiro atoms. The van der Waals surface area contributed by atoms with Gasteiger partial charge in [0.25, 0.3) is 0 Å². The highest BCUT2D eigenvalue weighted by molar-refractivity contribution is 5.79. The second kappa shape index (κ2) is 4.42. The summed E-state index contributed by atoms with van der Waals surface area (Å²) in [6.07, 6.45) is 3.29.